The average Bonchev–Trinajstić information content (AvgIpc) is 3.10. The summed E-state index contributed by atoms with van der Waals surface area (Å²) in [5, 5.41) is 6.76. The molecule has 21 heavy (non-hydrogen) atoms. The van der Waals surface area contributed by atoms with E-state index in [0.717, 1.165) is 25.1 Å². The maximum atomic E-state index is 12.1. The first-order chi connectivity index (χ1) is 9.74. The van der Waals surface area contributed by atoms with E-state index >= 15 is 0 Å². The van der Waals surface area contributed by atoms with Gasteiger partial charge in [0.25, 0.3) is 5.91 Å². The zero-order chi connectivity index (χ0) is 13.9. The van der Waals surface area contributed by atoms with Crippen LogP contribution in [0.5, 0.6) is 0 Å². The second-order valence-corrected chi connectivity index (χ2v) is 5.21. The van der Waals surface area contributed by atoms with Gasteiger partial charge in [-0.05, 0) is 37.2 Å². The number of amides is 1. The number of rotatable bonds is 3. The molecule has 1 amide bonds. The van der Waals surface area contributed by atoms with Crippen LogP contribution in [-0.4, -0.2) is 25.0 Å². The standard InChI is InChI=1S/C15H15ClN2O2.ClH/c16-12-4-2-1-3-11(12)13-5-6-14(20-13)15(19)18-10-7-8-17-9-10;/h1-6,10,17H,7-9H2,(H,18,19);1H. The van der Waals surface area contributed by atoms with Crippen molar-refractivity contribution in [3.05, 3.63) is 47.2 Å². The highest BCUT2D eigenvalue weighted by molar-refractivity contribution is 6.33. The molecule has 2 heterocycles. The van der Waals surface area contributed by atoms with Gasteiger partial charge in [0, 0.05) is 18.2 Å². The molecule has 1 saturated heterocycles. The van der Waals surface area contributed by atoms with Gasteiger partial charge in [-0.2, -0.15) is 0 Å². The smallest absolute Gasteiger partial charge is 0.287 e. The summed E-state index contributed by atoms with van der Waals surface area (Å²) in [7, 11) is 0. The minimum atomic E-state index is -0.183. The quantitative estimate of drug-likeness (QED) is 0.911. The zero-order valence-electron chi connectivity index (χ0n) is 11.3. The van der Waals surface area contributed by atoms with Crippen molar-refractivity contribution in [1.29, 1.82) is 0 Å². The maximum absolute atomic E-state index is 12.1. The molecule has 4 nitrogen and oxygen atoms in total. The Balaban J connectivity index is 0.00000161. The lowest BCUT2D eigenvalue weighted by Gasteiger charge is -2.09. The van der Waals surface area contributed by atoms with Gasteiger partial charge >= 0.3 is 0 Å². The van der Waals surface area contributed by atoms with E-state index < -0.39 is 0 Å². The van der Waals surface area contributed by atoms with Crippen molar-refractivity contribution in [1.82, 2.24) is 10.6 Å². The van der Waals surface area contributed by atoms with Crippen LogP contribution in [0.3, 0.4) is 0 Å². The molecular weight excluding hydrogens is 311 g/mol. The summed E-state index contributed by atoms with van der Waals surface area (Å²) < 4.78 is 5.61. The van der Waals surface area contributed by atoms with Crippen LogP contribution in [0.4, 0.5) is 0 Å². The largest absolute Gasteiger partial charge is 0.451 e. The zero-order valence-corrected chi connectivity index (χ0v) is 12.8. The van der Waals surface area contributed by atoms with E-state index in [9.17, 15) is 4.79 Å². The van der Waals surface area contributed by atoms with Gasteiger partial charge < -0.3 is 15.1 Å². The van der Waals surface area contributed by atoms with Crippen LogP contribution in [0.1, 0.15) is 17.0 Å². The van der Waals surface area contributed by atoms with Crippen molar-refractivity contribution in [2.45, 2.75) is 12.5 Å². The van der Waals surface area contributed by atoms with Crippen molar-refractivity contribution in [3.8, 4) is 11.3 Å². The van der Waals surface area contributed by atoms with Gasteiger partial charge in [0.05, 0.1) is 5.02 Å². The lowest BCUT2D eigenvalue weighted by molar-refractivity contribution is 0.0913. The molecule has 2 aromatic rings. The summed E-state index contributed by atoms with van der Waals surface area (Å²) in [6.45, 7) is 1.75. The molecular formula is C15H16Cl2N2O2. The second kappa shape index (κ2) is 6.98. The first-order valence-electron chi connectivity index (χ1n) is 6.60. The van der Waals surface area contributed by atoms with Crippen molar-refractivity contribution >= 4 is 29.9 Å². The monoisotopic (exact) mass is 326 g/mol. The Hall–Kier alpha value is -1.49. The van der Waals surface area contributed by atoms with E-state index in [1.165, 1.54) is 0 Å². The van der Waals surface area contributed by atoms with Gasteiger partial charge in [-0.15, -0.1) is 12.4 Å². The van der Waals surface area contributed by atoms with E-state index in [2.05, 4.69) is 10.6 Å². The van der Waals surface area contributed by atoms with Crippen molar-refractivity contribution in [2.24, 2.45) is 0 Å². The Morgan fingerprint density at radius 2 is 2.10 bits per heavy atom. The molecule has 0 aliphatic carbocycles. The fourth-order valence-electron chi connectivity index (χ4n) is 2.30. The second-order valence-electron chi connectivity index (χ2n) is 4.81. The van der Waals surface area contributed by atoms with Gasteiger partial charge in [0.2, 0.25) is 0 Å². The van der Waals surface area contributed by atoms with Crippen LogP contribution >= 0.6 is 24.0 Å². The predicted octanol–water partition coefficient (Wildman–Crippen LogP) is 3.11. The molecule has 1 aliphatic heterocycles. The molecule has 112 valence electrons. The number of benzene rings is 1. The van der Waals surface area contributed by atoms with Crippen LogP contribution in [0.15, 0.2) is 40.8 Å². The van der Waals surface area contributed by atoms with E-state index in [-0.39, 0.29) is 24.4 Å². The fourth-order valence-corrected chi connectivity index (χ4v) is 2.53. The summed E-state index contributed by atoms with van der Waals surface area (Å²) in [4.78, 5) is 12.1. The Bertz CT molecular complexity index is 622. The minimum absolute atomic E-state index is 0. The lowest BCUT2D eigenvalue weighted by atomic mass is 10.2. The van der Waals surface area contributed by atoms with Crippen LogP contribution in [0, 0.1) is 0 Å². The van der Waals surface area contributed by atoms with Gasteiger partial charge in [-0.25, -0.2) is 0 Å². The molecule has 0 radical (unpaired) electrons. The third-order valence-corrected chi connectivity index (χ3v) is 3.69. The minimum Gasteiger partial charge on any atom is -0.451 e. The van der Waals surface area contributed by atoms with Crippen LogP contribution < -0.4 is 10.6 Å². The number of carbonyl (C=O) groups excluding carboxylic acids is 1. The summed E-state index contributed by atoms with van der Waals surface area (Å²) >= 11 is 6.12. The summed E-state index contributed by atoms with van der Waals surface area (Å²) in [5.41, 5.74) is 0.788. The number of hydrogen-bond acceptors (Lipinski definition) is 3. The number of furan rings is 1. The third kappa shape index (κ3) is 3.59. The molecule has 0 saturated carbocycles. The van der Waals surface area contributed by atoms with Gasteiger partial charge in [-0.1, -0.05) is 23.7 Å². The van der Waals surface area contributed by atoms with Crippen LogP contribution in [-0.2, 0) is 0 Å². The number of nitrogens with one attached hydrogen (secondary N) is 2. The molecule has 0 spiro atoms. The number of carbonyl (C=O) groups is 1. The van der Waals surface area contributed by atoms with Gasteiger partial charge in [0.1, 0.15) is 5.76 Å². The molecule has 1 aromatic carbocycles. The highest BCUT2D eigenvalue weighted by Crippen LogP contribution is 2.29. The van der Waals surface area contributed by atoms with Crippen molar-refractivity contribution in [3.63, 3.8) is 0 Å². The Morgan fingerprint density at radius 3 is 2.81 bits per heavy atom. The normalized spacial score (nSPS) is 17.3. The van der Waals surface area contributed by atoms with Crippen LogP contribution in [0.2, 0.25) is 5.02 Å². The highest BCUT2D eigenvalue weighted by atomic mass is 35.5. The number of halogens is 2. The maximum Gasteiger partial charge on any atom is 0.287 e. The number of hydrogen-bond donors (Lipinski definition) is 2. The molecule has 0 bridgehead atoms. The highest BCUT2D eigenvalue weighted by Gasteiger charge is 2.20. The van der Waals surface area contributed by atoms with Crippen LogP contribution in [0.25, 0.3) is 11.3 Å². The summed E-state index contributed by atoms with van der Waals surface area (Å²) in [6.07, 6.45) is 0.948. The van der Waals surface area contributed by atoms with Gasteiger partial charge in [-0.3, -0.25) is 4.79 Å². The molecule has 1 unspecified atom stereocenters. The molecule has 6 heteroatoms. The molecule has 1 atom stereocenters. The lowest BCUT2D eigenvalue weighted by Crippen LogP contribution is -2.35. The molecule has 1 fully saturated rings. The first-order valence-corrected chi connectivity index (χ1v) is 6.98. The van der Waals surface area contributed by atoms with Crippen molar-refractivity contribution < 1.29 is 9.21 Å². The van der Waals surface area contributed by atoms with E-state index in [4.69, 9.17) is 16.0 Å². The summed E-state index contributed by atoms with van der Waals surface area (Å²) in [6, 6.07) is 11.0. The Labute approximate surface area is 134 Å². The van der Waals surface area contributed by atoms with E-state index in [1.807, 2.05) is 18.2 Å². The van der Waals surface area contributed by atoms with Crippen molar-refractivity contribution in [2.75, 3.05) is 13.1 Å². The average molecular weight is 327 g/mol. The van der Waals surface area contributed by atoms with E-state index in [1.54, 1.807) is 18.2 Å². The van der Waals surface area contributed by atoms with E-state index in [0.29, 0.717) is 16.5 Å². The predicted molar refractivity (Wildman–Crippen MR) is 85.1 cm³/mol. The molecule has 1 aliphatic rings. The first kappa shape index (κ1) is 15.9. The SMILES string of the molecule is Cl.O=C(NC1CCNC1)c1ccc(-c2ccccc2Cl)o1. The third-order valence-electron chi connectivity index (χ3n) is 3.36. The Morgan fingerprint density at radius 1 is 1.29 bits per heavy atom. The molecule has 1 aromatic heterocycles. The Kier molecular flexibility index (Phi) is 5.28. The fraction of sp³-hybridized carbons (Fsp3) is 0.267. The van der Waals surface area contributed by atoms with Gasteiger partial charge in [0.15, 0.2) is 5.76 Å². The molecule has 2 N–H and O–H groups in total. The topological polar surface area (TPSA) is 54.3 Å². The summed E-state index contributed by atoms with van der Waals surface area (Å²) in [5.74, 6) is 0.731. The molecule has 3 rings (SSSR count).